The van der Waals surface area contributed by atoms with Crippen LogP contribution in [0.15, 0.2) is 35.7 Å². The summed E-state index contributed by atoms with van der Waals surface area (Å²) in [5.41, 5.74) is 4.52. The van der Waals surface area contributed by atoms with Crippen molar-refractivity contribution >= 4 is 28.8 Å². The largest absolute Gasteiger partial charge is 0.383 e. The van der Waals surface area contributed by atoms with E-state index in [9.17, 15) is 4.79 Å². The molecule has 170 valence electrons. The SMILES string of the molecule is COCCNC(=O)c1cc(-c2csc(-c3ccccc3Cl)n2)n(CC2CCCCC2)c1C. The average Bonchev–Trinajstić information content (AvgIpc) is 3.40. The normalized spacial score (nSPS) is 14.6. The molecule has 0 saturated heterocycles. The molecule has 2 heterocycles. The molecular formula is C25H30ClN3O2S. The molecule has 0 unspecified atom stereocenters. The first-order chi connectivity index (χ1) is 15.6. The summed E-state index contributed by atoms with van der Waals surface area (Å²) in [4.78, 5) is 17.8. The zero-order chi connectivity index (χ0) is 22.5. The van der Waals surface area contributed by atoms with E-state index in [1.807, 2.05) is 37.3 Å². The predicted octanol–water partition coefficient (Wildman–Crippen LogP) is 6.20. The number of rotatable bonds is 8. The molecule has 3 aromatic rings. The van der Waals surface area contributed by atoms with Crippen LogP contribution in [0.5, 0.6) is 0 Å². The number of methoxy groups -OCH3 is 1. The van der Waals surface area contributed by atoms with Gasteiger partial charge in [-0.15, -0.1) is 11.3 Å². The lowest BCUT2D eigenvalue weighted by Crippen LogP contribution is -2.27. The molecule has 1 fully saturated rings. The van der Waals surface area contributed by atoms with Gasteiger partial charge in [-0.05, 0) is 37.8 Å². The molecule has 1 aliphatic carbocycles. The zero-order valence-corrected chi connectivity index (χ0v) is 20.3. The maximum atomic E-state index is 12.9. The highest BCUT2D eigenvalue weighted by Crippen LogP contribution is 2.35. The van der Waals surface area contributed by atoms with Gasteiger partial charge in [0, 0.05) is 36.8 Å². The minimum atomic E-state index is -0.0650. The van der Waals surface area contributed by atoms with Crippen molar-refractivity contribution in [2.45, 2.75) is 45.6 Å². The van der Waals surface area contributed by atoms with Gasteiger partial charge in [0.25, 0.3) is 5.91 Å². The third-order valence-corrected chi connectivity index (χ3v) is 7.44. The number of aromatic nitrogens is 2. The number of carbonyl (C=O) groups excluding carboxylic acids is 1. The smallest absolute Gasteiger partial charge is 0.253 e. The molecule has 32 heavy (non-hydrogen) atoms. The van der Waals surface area contributed by atoms with Gasteiger partial charge >= 0.3 is 0 Å². The van der Waals surface area contributed by atoms with E-state index in [-0.39, 0.29) is 5.91 Å². The van der Waals surface area contributed by atoms with Crippen LogP contribution >= 0.6 is 22.9 Å². The summed E-state index contributed by atoms with van der Waals surface area (Å²) in [7, 11) is 1.63. The fraction of sp³-hybridized carbons (Fsp3) is 0.440. The highest BCUT2D eigenvalue weighted by Gasteiger charge is 2.23. The summed E-state index contributed by atoms with van der Waals surface area (Å²) in [5.74, 6) is 0.574. The van der Waals surface area contributed by atoms with Crippen molar-refractivity contribution in [1.82, 2.24) is 14.9 Å². The van der Waals surface area contributed by atoms with Crippen molar-refractivity contribution in [2.24, 2.45) is 5.92 Å². The van der Waals surface area contributed by atoms with Gasteiger partial charge in [0.05, 0.1) is 28.6 Å². The van der Waals surface area contributed by atoms with E-state index in [1.165, 1.54) is 32.1 Å². The van der Waals surface area contributed by atoms with Crippen LogP contribution in [0.4, 0.5) is 0 Å². The number of amides is 1. The Labute approximate surface area is 198 Å². The Morgan fingerprint density at radius 2 is 2.06 bits per heavy atom. The number of hydrogen-bond donors (Lipinski definition) is 1. The zero-order valence-electron chi connectivity index (χ0n) is 18.7. The molecular weight excluding hydrogens is 442 g/mol. The van der Waals surface area contributed by atoms with Crippen LogP contribution in [0.3, 0.4) is 0 Å². The fourth-order valence-corrected chi connectivity index (χ4v) is 5.60. The Morgan fingerprint density at radius 3 is 2.81 bits per heavy atom. The van der Waals surface area contributed by atoms with Crippen molar-refractivity contribution in [3.05, 3.63) is 52.0 Å². The van der Waals surface area contributed by atoms with Crippen molar-refractivity contribution in [3.63, 3.8) is 0 Å². The van der Waals surface area contributed by atoms with Crippen LogP contribution in [0.2, 0.25) is 5.02 Å². The third kappa shape index (κ3) is 5.08. The molecule has 7 heteroatoms. The van der Waals surface area contributed by atoms with E-state index in [0.717, 1.165) is 34.2 Å². The van der Waals surface area contributed by atoms with Crippen LogP contribution in [0, 0.1) is 12.8 Å². The maximum absolute atomic E-state index is 12.9. The van der Waals surface area contributed by atoms with Crippen LogP contribution in [-0.2, 0) is 11.3 Å². The highest BCUT2D eigenvalue weighted by atomic mass is 35.5. The van der Waals surface area contributed by atoms with E-state index >= 15 is 0 Å². The molecule has 1 saturated carbocycles. The molecule has 2 aromatic heterocycles. The number of ether oxygens (including phenoxy) is 1. The van der Waals surface area contributed by atoms with Gasteiger partial charge < -0.3 is 14.6 Å². The van der Waals surface area contributed by atoms with Crippen LogP contribution in [0.25, 0.3) is 22.0 Å². The first kappa shape index (κ1) is 23.0. The van der Waals surface area contributed by atoms with Crippen molar-refractivity contribution in [2.75, 3.05) is 20.3 Å². The van der Waals surface area contributed by atoms with Gasteiger partial charge in [-0.2, -0.15) is 0 Å². The first-order valence-corrected chi connectivity index (χ1v) is 12.5. The summed E-state index contributed by atoms with van der Waals surface area (Å²) in [6.07, 6.45) is 6.40. The third-order valence-electron chi connectivity index (χ3n) is 6.24. The van der Waals surface area contributed by atoms with Gasteiger partial charge in [0.15, 0.2) is 0 Å². The summed E-state index contributed by atoms with van der Waals surface area (Å²) in [6.45, 7) is 3.95. The molecule has 0 spiro atoms. The minimum absolute atomic E-state index is 0.0650. The van der Waals surface area contributed by atoms with E-state index in [1.54, 1.807) is 18.4 Å². The number of nitrogens with one attached hydrogen (secondary N) is 1. The Bertz CT molecular complexity index is 1070. The molecule has 0 atom stereocenters. The van der Waals surface area contributed by atoms with Gasteiger partial charge in [0.1, 0.15) is 5.01 Å². The number of hydrogen-bond acceptors (Lipinski definition) is 4. The molecule has 0 radical (unpaired) electrons. The van der Waals surface area contributed by atoms with Crippen LogP contribution < -0.4 is 5.32 Å². The lowest BCUT2D eigenvalue weighted by molar-refractivity contribution is 0.0936. The van der Waals surface area contributed by atoms with Crippen LogP contribution in [-0.4, -0.2) is 35.7 Å². The fourth-order valence-electron chi connectivity index (χ4n) is 4.46. The molecule has 0 aliphatic heterocycles. The molecule has 0 bridgehead atoms. The highest BCUT2D eigenvalue weighted by molar-refractivity contribution is 7.13. The Morgan fingerprint density at radius 1 is 1.28 bits per heavy atom. The molecule has 4 rings (SSSR count). The van der Waals surface area contributed by atoms with E-state index < -0.39 is 0 Å². The topological polar surface area (TPSA) is 56.1 Å². The Hall–Kier alpha value is -2.15. The number of benzene rings is 1. The summed E-state index contributed by atoms with van der Waals surface area (Å²) in [5, 5.41) is 6.61. The predicted molar refractivity (Wildman–Crippen MR) is 132 cm³/mol. The average molecular weight is 472 g/mol. The first-order valence-electron chi connectivity index (χ1n) is 11.3. The second-order valence-electron chi connectivity index (χ2n) is 8.41. The standard InChI is InChI=1S/C25H30ClN3O2S/c1-17-20(24(30)27-12-13-31-2)14-23(29(17)15-18-8-4-3-5-9-18)22-16-32-25(28-22)19-10-6-7-11-21(19)26/h6-7,10-11,14,16,18H,3-5,8-9,12-13,15H2,1-2H3,(H,27,30). The monoisotopic (exact) mass is 471 g/mol. The Kier molecular flexibility index (Phi) is 7.66. The number of nitrogens with zero attached hydrogens (tertiary/aromatic N) is 2. The van der Waals surface area contributed by atoms with Gasteiger partial charge in [-0.3, -0.25) is 4.79 Å². The summed E-state index contributed by atoms with van der Waals surface area (Å²) in [6, 6.07) is 9.77. The Balaban J connectivity index is 1.68. The van der Waals surface area contributed by atoms with Crippen LogP contribution in [0.1, 0.15) is 48.2 Å². The maximum Gasteiger partial charge on any atom is 0.253 e. The van der Waals surface area contributed by atoms with Gasteiger partial charge in [-0.1, -0.05) is 49.1 Å². The minimum Gasteiger partial charge on any atom is -0.383 e. The van der Waals surface area contributed by atoms with Crippen molar-refractivity contribution in [1.29, 1.82) is 0 Å². The molecule has 1 aromatic carbocycles. The number of halogens is 1. The second kappa shape index (κ2) is 10.6. The molecule has 1 amide bonds. The molecule has 1 N–H and O–H groups in total. The van der Waals surface area contributed by atoms with Crippen molar-refractivity contribution in [3.8, 4) is 22.0 Å². The summed E-state index contributed by atoms with van der Waals surface area (Å²) >= 11 is 7.98. The van der Waals surface area contributed by atoms with E-state index in [4.69, 9.17) is 21.3 Å². The lowest BCUT2D eigenvalue weighted by atomic mass is 9.89. The summed E-state index contributed by atoms with van der Waals surface area (Å²) < 4.78 is 7.37. The van der Waals surface area contributed by atoms with Crippen molar-refractivity contribution < 1.29 is 9.53 Å². The number of carbonyl (C=O) groups is 1. The van der Waals surface area contributed by atoms with Gasteiger partial charge in [-0.25, -0.2) is 4.98 Å². The number of thiazole rings is 1. The van der Waals surface area contributed by atoms with E-state index in [2.05, 4.69) is 15.3 Å². The molecule has 1 aliphatic rings. The quantitative estimate of drug-likeness (QED) is 0.398. The second-order valence-corrected chi connectivity index (χ2v) is 9.68. The lowest BCUT2D eigenvalue weighted by Gasteiger charge is -2.24. The van der Waals surface area contributed by atoms with Gasteiger partial charge in [0.2, 0.25) is 0 Å². The van der Waals surface area contributed by atoms with E-state index in [0.29, 0.717) is 29.7 Å². The molecule has 5 nitrogen and oxygen atoms in total.